The second kappa shape index (κ2) is 9.80. The van der Waals surface area contributed by atoms with Crippen LogP contribution in [0.2, 0.25) is 0 Å². The number of amides is 1. The maximum absolute atomic E-state index is 11.5. The van der Waals surface area contributed by atoms with Gasteiger partial charge in [0.1, 0.15) is 5.75 Å². The molecule has 1 aromatic carbocycles. The lowest BCUT2D eigenvalue weighted by Crippen LogP contribution is -2.34. The van der Waals surface area contributed by atoms with Crippen LogP contribution in [0.15, 0.2) is 18.2 Å². The Morgan fingerprint density at radius 2 is 1.48 bits per heavy atom. The molecule has 0 unspecified atom stereocenters. The minimum Gasteiger partial charge on any atom is -0.495 e. The lowest BCUT2D eigenvalue weighted by atomic mass is 10.1. The topological polar surface area (TPSA) is 95.5 Å². The maximum atomic E-state index is 11.5. The van der Waals surface area contributed by atoms with Crippen LogP contribution in [0, 0.1) is 0 Å². The number of rotatable bonds is 6. The first-order chi connectivity index (χ1) is 15.1. The number of methoxy groups -OCH3 is 1. The third-order valence-corrected chi connectivity index (χ3v) is 5.66. The predicted octanol–water partition coefficient (Wildman–Crippen LogP) is 3.56. The van der Waals surface area contributed by atoms with Crippen molar-refractivity contribution in [2.45, 2.75) is 45.4 Å². The van der Waals surface area contributed by atoms with Crippen LogP contribution >= 0.6 is 0 Å². The molecule has 4 rings (SSSR count). The Kier molecular flexibility index (Phi) is 6.69. The first-order valence-corrected chi connectivity index (χ1v) is 11.1. The summed E-state index contributed by atoms with van der Waals surface area (Å²) >= 11 is 0. The van der Waals surface area contributed by atoms with E-state index in [2.05, 4.69) is 20.4 Å². The van der Waals surface area contributed by atoms with Crippen LogP contribution in [-0.4, -0.2) is 54.1 Å². The van der Waals surface area contributed by atoms with E-state index in [1.807, 2.05) is 12.1 Å². The zero-order chi connectivity index (χ0) is 21.6. The highest BCUT2D eigenvalue weighted by Gasteiger charge is 2.21. The van der Waals surface area contributed by atoms with Crippen molar-refractivity contribution in [2.75, 3.05) is 53.7 Å². The number of hydrogen-bond acceptors (Lipinski definition) is 8. The fourth-order valence-corrected chi connectivity index (χ4v) is 4.09. The molecule has 3 heterocycles. The van der Waals surface area contributed by atoms with Gasteiger partial charge in [0, 0.05) is 38.8 Å². The number of nitrogens with one attached hydrogen (secondary N) is 2. The number of benzene rings is 1. The second-order valence-electron chi connectivity index (χ2n) is 8.08. The Labute approximate surface area is 183 Å². The van der Waals surface area contributed by atoms with Crippen molar-refractivity contribution in [1.82, 2.24) is 15.0 Å². The van der Waals surface area contributed by atoms with Gasteiger partial charge in [-0.15, -0.1) is 0 Å². The summed E-state index contributed by atoms with van der Waals surface area (Å²) < 4.78 is 5.50. The van der Waals surface area contributed by atoms with E-state index in [0.29, 0.717) is 23.1 Å². The number of ether oxygens (including phenoxy) is 1. The molecule has 0 spiro atoms. The van der Waals surface area contributed by atoms with Crippen LogP contribution in [-0.2, 0) is 4.79 Å². The maximum Gasteiger partial charge on any atom is 0.233 e. The fourth-order valence-electron chi connectivity index (χ4n) is 4.09. The Hall–Kier alpha value is -3.10. The molecule has 0 bridgehead atoms. The van der Waals surface area contributed by atoms with Gasteiger partial charge in [-0.2, -0.15) is 15.0 Å². The summed E-state index contributed by atoms with van der Waals surface area (Å²) in [4.78, 5) is 30.3. The van der Waals surface area contributed by atoms with Gasteiger partial charge >= 0.3 is 0 Å². The minimum absolute atomic E-state index is 0.129. The van der Waals surface area contributed by atoms with E-state index in [1.165, 1.54) is 19.8 Å². The standard InChI is InChI=1S/C22H31N7O2/c1-16(30)23-17-9-10-19(31-2)18(15-17)24-20-25-21(28-11-5-3-6-12-28)27-22(26-20)29-13-7-4-8-14-29/h9-10,15H,3-8,11-14H2,1-2H3,(H,23,30)(H,24,25,26,27). The monoisotopic (exact) mass is 425 g/mol. The van der Waals surface area contributed by atoms with Crippen molar-refractivity contribution in [1.29, 1.82) is 0 Å². The third-order valence-electron chi connectivity index (χ3n) is 5.66. The quantitative estimate of drug-likeness (QED) is 0.725. The molecule has 166 valence electrons. The van der Waals surface area contributed by atoms with E-state index in [-0.39, 0.29) is 5.91 Å². The summed E-state index contributed by atoms with van der Waals surface area (Å²) in [7, 11) is 1.62. The van der Waals surface area contributed by atoms with Crippen LogP contribution in [0.4, 0.5) is 29.2 Å². The van der Waals surface area contributed by atoms with E-state index >= 15 is 0 Å². The first kappa shape index (κ1) is 21.1. The molecule has 1 amide bonds. The molecule has 2 N–H and O–H groups in total. The van der Waals surface area contributed by atoms with Crippen LogP contribution in [0.3, 0.4) is 0 Å². The highest BCUT2D eigenvalue weighted by molar-refractivity contribution is 5.89. The van der Waals surface area contributed by atoms with Gasteiger partial charge in [0.2, 0.25) is 23.8 Å². The van der Waals surface area contributed by atoms with Gasteiger partial charge in [0.25, 0.3) is 0 Å². The Bertz CT molecular complexity index is 872. The lowest BCUT2D eigenvalue weighted by Gasteiger charge is -2.30. The van der Waals surface area contributed by atoms with Gasteiger partial charge in [-0.25, -0.2) is 0 Å². The Morgan fingerprint density at radius 3 is 2.00 bits per heavy atom. The van der Waals surface area contributed by atoms with Gasteiger partial charge in [0.05, 0.1) is 12.8 Å². The molecule has 0 saturated carbocycles. The van der Waals surface area contributed by atoms with Crippen LogP contribution in [0.25, 0.3) is 0 Å². The molecule has 2 saturated heterocycles. The van der Waals surface area contributed by atoms with Crippen molar-refractivity contribution in [3.8, 4) is 5.75 Å². The number of nitrogens with zero attached hydrogens (tertiary/aromatic N) is 5. The summed E-state index contributed by atoms with van der Waals surface area (Å²) in [5.41, 5.74) is 1.37. The number of carbonyl (C=O) groups excluding carboxylic acids is 1. The highest BCUT2D eigenvalue weighted by Crippen LogP contribution is 2.31. The van der Waals surface area contributed by atoms with E-state index in [4.69, 9.17) is 19.7 Å². The summed E-state index contributed by atoms with van der Waals surface area (Å²) in [6.45, 7) is 5.34. The Balaban J connectivity index is 1.67. The van der Waals surface area contributed by atoms with E-state index in [0.717, 1.165) is 63.8 Å². The predicted molar refractivity (Wildman–Crippen MR) is 123 cm³/mol. The zero-order valence-corrected chi connectivity index (χ0v) is 18.4. The van der Waals surface area contributed by atoms with Gasteiger partial charge in [-0.3, -0.25) is 4.79 Å². The fraction of sp³-hybridized carbons (Fsp3) is 0.545. The number of carbonyl (C=O) groups is 1. The molecule has 2 aliphatic heterocycles. The van der Waals surface area contributed by atoms with E-state index in [9.17, 15) is 4.79 Å². The molecular formula is C22H31N7O2. The molecule has 2 aliphatic rings. The molecule has 0 radical (unpaired) electrons. The molecule has 9 nitrogen and oxygen atoms in total. The van der Waals surface area contributed by atoms with Crippen molar-refractivity contribution < 1.29 is 9.53 Å². The second-order valence-corrected chi connectivity index (χ2v) is 8.08. The van der Waals surface area contributed by atoms with Crippen LogP contribution in [0.1, 0.15) is 45.4 Å². The zero-order valence-electron chi connectivity index (χ0n) is 18.4. The molecular weight excluding hydrogens is 394 g/mol. The van der Waals surface area contributed by atoms with Crippen molar-refractivity contribution in [3.63, 3.8) is 0 Å². The van der Waals surface area contributed by atoms with E-state index < -0.39 is 0 Å². The first-order valence-electron chi connectivity index (χ1n) is 11.1. The van der Waals surface area contributed by atoms with Gasteiger partial charge in [-0.1, -0.05) is 0 Å². The minimum atomic E-state index is -0.129. The average Bonchev–Trinajstić information content (AvgIpc) is 2.80. The smallest absolute Gasteiger partial charge is 0.233 e. The highest BCUT2D eigenvalue weighted by atomic mass is 16.5. The molecule has 1 aromatic heterocycles. The molecule has 2 fully saturated rings. The molecule has 0 atom stereocenters. The van der Waals surface area contributed by atoms with Crippen LogP contribution in [0.5, 0.6) is 5.75 Å². The normalized spacial score (nSPS) is 16.7. The summed E-state index contributed by atoms with van der Waals surface area (Å²) in [6, 6.07) is 5.44. The average molecular weight is 426 g/mol. The van der Waals surface area contributed by atoms with Gasteiger partial charge in [-0.05, 0) is 56.7 Å². The lowest BCUT2D eigenvalue weighted by molar-refractivity contribution is -0.114. The molecule has 0 aliphatic carbocycles. The third kappa shape index (κ3) is 5.34. The van der Waals surface area contributed by atoms with Crippen molar-refractivity contribution in [2.24, 2.45) is 0 Å². The molecule has 2 aromatic rings. The number of hydrogen-bond donors (Lipinski definition) is 2. The van der Waals surface area contributed by atoms with Crippen LogP contribution < -0.4 is 25.2 Å². The van der Waals surface area contributed by atoms with E-state index in [1.54, 1.807) is 13.2 Å². The van der Waals surface area contributed by atoms with Crippen molar-refractivity contribution >= 4 is 35.1 Å². The summed E-state index contributed by atoms with van der Waals surface area (Å²) in [6.07, 6.45) is 7.11. The number of anilines is 5. The summed E-state index contributed by atoms with van der Waals surface area (Å²) in [5, 5.41) is 6.11. The van der Waals surface area contributed by atoms with Gasteiger partial charge in [0.15, 0.2) is 0 Å². The van der Waals surface area contributed by atoms with Gasteiger partial charge < -0.3 is 25.2 Å². The largest absolute Gasteiger partial charge is 0.495 e. The molecule has 9 heteroatoms. The number of aromatic nitrogens is 3. The number of piperidine rings is 2. The summed E-state index contributed by atoms with van der Waals surface area (Å²) in [5.74, 6) is 2.43. The van der Waals surface area contributed by atoms with Crippen molar-refractivity contribution in [3.05, 3.63) is 18.2 Å². The SMILES string of the molecule is COc1ccc(NC(C)=O)cc1Nc1nc(N2CCCCC2)nc(N2CCCCC2)n1. The Morgan fingerprint density at radius 1 is 0.903 bits per heavy atom. The molecule has 31 heavy (non-hydrogen) atoms.